The Balaban J connectivity index is 1.91. The van der Waals surface area contributed by atoms with E-state index in [2.05, 4.69) is 17.2 Å². The summed E-state index contributed by atoms with van der Waals surface area (Å²) in [6, 6.07) is 12.0. The first-order valence-corrected chi connectivity index (χ1v) is 6.96. The van der Waals surface area contributed by atoms with Crippen LogP contribution >= 0.6 is 0 Å². The predicted molar refractivity (Wildman–Crippen MR) is 85.4 cm³/mol. The summed E-state index contributed by atoms with van der Waals surface area (Å²) in [6.45, 7) is 4.47. The van der Waals surface area contributed by atoms with Crippen LogP contribution in [0.15, 0.2) is 36.4 Å². The summed E-state index contributed by atoms with van der Waals surface area (Å²) >= 11 is 0. The number of nitrogens with zero attached hydrogens (tertiary/aromatic N) is 2. The third-order valence-electron chi connectivity index (χ3n) is 3.67. The van der Waals surface area contributed by atoms with Crippen molar-refractivity contribution in [3.05, 3.63) is 53.2 Å². The van der Waals surface area contributed by atoms with E-state index in [-0.39, 0.29) is 0 Å². The summed E-state index contributed by atoms with van der Waals surface area (Å²) in [6.07, 6.45) is 0. The summed E-state index contributed by atoms with van der Waals surface area (Å²) in [5, 5.41) is 5.68. The Morgan fingerprint density at radius 3 is 2.52 bits per heavy atom. The number of benzene rings is 2. The van der Waals surface area contributed by atoms with E-state index in [1.54, 1.807) is 0 Å². The van der Waals surface area contributed by atoms with Crippen molar-refractivity contribution in [1.29, 1.82) is 0 Å². The van der Waals surface area contributed by atoms with Gasteiger partial charge in [-0.25, -0.2) is 0 Å². The minimum atomic E-state index is 0.451. The molecule has 0 spiro atoms. The highest BCUT2D eigenvalue weighted by Crippen LogP contribution is 2.27. The topological polar surface area (TPSA) is 53.1 Å². The first-order valence-electron chi connectivity index (χ1n) is 6.96. The average Bonchev–Trinajstić information content (AvgIpc) is 2.75. The van der Waals surface area contributed by atoms with Gasteiger partial charge in [-0.15, -0.1) is 0 Å². The highest BCUT2D eigenvalue weighted by atomic mass is 16.5. The van der Waals surface area contributed by atoms with Gasteiger partial charge in [-0.2, -0.15) is 5.10 Å². The summed E-state index contributed by atoms with van der Waals surface area (Å²) in [5.74, 6) is 0.888. The molecule has 108 valence electrons. The van der Waals surface area contributed by atoms with E-state index >= 15 is 0 Å². The fourth-order valence-electron chi connectivity index (χ4n) is 2.75. The second-order valence-corrected chi connectivity index (χ2v) is 5.36. The van der Waals surface area contributed by atoms with E-state index in [0.29, 0.717) is 6.61 Å². The zero-order valence-electron chi connectivity index (χ0n) is 12.6. The number of nitrogens with two attached hydrogens (primary N) is 1. The lowest BCUT2D eigenvalue weighted by atomic mass is 10.1. The fourth-order valence-corrected chi connectivity index (χ4v) is 2.75. The molecular formula is C17H19N3O. The van der Waals surface area contributed by atoms with Crippen LogP contribution in [0.4, 0.5) is 5.69 Å². The zero-order valence-corrected chi connectivity index (χ0v) is 12.6. The van der Waals surface area contributed by atoms with Gasteiger partial charge >= 0.3 is 0 Å². The monoisotopic (exact) mass is 281 g/mol. The quantitative estimate of drug-likeness (QED) is 0.749. The summed E-state index contributed by atoms with van der Waals surface area (Å²) in [5.41, 5.74) is 10.8. The molecule has 0 amide bonds. The van der Waals surface area contributed by atoms with Gasteiger partial charge in [-0.1, -0.05) is 18.2 Å². The van der Waals surface area contributed by atoms with Gasteiger partial charge in [0, 0.05) is 18.1 Å². The van der Waals surface area contributed by atoms with Crippen LogP contribution in [0.5, 0.6) is 5.75 Å². The maximum atomic E-state index is 6.00. The molecule has 0 saturated heterocycles. The number of aromatic nitrogens is 2. The third kappa shape index (κ3) is 2.44. The molecule has 1 aromatic heterocycles. The molecule has 2 aromatic carbocycles. The van der Waals surface area contributed by atoms with Crippen molar-refractivity contribution >= 4 is 16.6 Å². The van der Waals surface area contributed by atoms with Crippen molar-refractivity contribution in [3.63, 3.8) is 0 Å². The summed E-state index contributed by atoms with van der Waals surface area (Å²) in [7, 11) is 1.95. The molecule has 4 nitrogen and oxygen atoms in total. The van der Waals surface area contributed by atoms with Gasteiger partial charge in [0.15, 0.2) is 0 Å². The third-order valence-corrected chi connectivity index (χ3v) is 3.67. The Labute approximate surface area is 124 Å². The maximum Gasteiger partial charge on any atom is 0.133 e. The van der Waals surface area contributed by atoms with E-state index < -0.39 is 0 Å². The van der Waals surface area contributed by atoms with Gasteiger partial charge in [0.05, 0.1) is 5.52 Å². The molecule has 3 rings (SSSR count). The number of aryl methyl sites for hydroxylation is 3. The molecule has 4 heteroatoms. The van der Waals surface area contributed by atoms with E-state index in [4.69, 9.17) is 10.5 Å². The second kappa shape index (κ2) is 5.13. The van der Waals surface area contributed by atoms with E-state index in [9.17, 15) is 0 Å². The zero-order chi connectivity index (χ0) is 15.0. The van der Waals surface area contributed by atoms with Gasteiger partial charge in [0.1, 0.15) is 18.1 Å². The number of hydrogen-bond acceptors (Lipinski definition) is 3. The maximum absolute atomic E-state index is 6.00. The Morgan fingerprint density at radius 1 is 1.14 bits per heavy atom. The average molecular weight is 281 g/mol. The molecule has 0 aliphatic rings. The highest BCUT2D eigenvalue weighted by Gasteiger charge is 2.11. The molecule has 2 N–H and O–H groups in total. The van der Waals surface area contributed by atoms with Crippen LogP contribution in [-0.4, -0.2) is 9.78 Å². The van der Waals surface area contributed by atoms with Crippen LogP contribution in [0.2, 0.25) is 0 Å². The van der Waals surface area contributed by atoms with Crippen LogP contribution in [0.25, 0.3) is 10.9 Å². The van der Waals surface area contributed by atoms with Gasteiger partial charge < -0.3 is 10.5 Å². The second-order valence-electron chi connectivity index (χ2n) is 5.36. The molecule has 0 saturated carbocycles. The Hall–Kier alpha value is -2.49. The highest BCUT2D eigenvalue weighted by molar-refractivity contribution is 5.81. The standard InChI is InChI=1S/C17H19N3O/c1-11-8-13(18)9-12(2)17(11)21-10-15-14-6-4-5-7-16(14)20(3)19-15/h4-9H,10,18H2,1-3H3. The first-order chi connectivity index (χ1) is 10.1. The number of fused-ring (bicyclic) bond motifs is 1. The summed E-state index contributed by atoms with van der Waals surface area (Å²) in [4.78, 5) is 0. The lowest BCUT2D eigenvalue weighted by Crippen LogP contribution is -2.01. The lowest BCUT2D eigenvalue weighted by Gasteiger charge is -2.12. The lowest BCUT2D eigenvalue weighted by molar-refractivity contribution is 0.297. The van der Waals surface area contributed by atoms with E-state index in [1.807, 2.05) is 49.8 Å². The molecule has 0 radical (unpaired) electrons. The van der Waals surface area contributed by atoms with Gasteiger partial charge in [0.25, 0.3) is 0 Å². The number of rotatable bonds is 3. The van der Waals surface area contributed by atoms with Crippen LogP contribution in [0, 0.1) is 13.8 Å². The fraction of sp³-hybridized carbons (Fsp3) is 0.235. The van der Waals surface area contributed by atoms with Gasteiger partial charge in [-0.05, 0) is 43.2 Å². The normalized spacial score (nSPS) is 11.0. The van der Waals surface area contributed by atoms with Crippen LogP contribution < -0.4 is 10.5 Å². The van der Waals surface area contributed by atoms with Gasteiger partial charge in [-0.3, -0.25) is 4.68 Å². The smallest absolute Gasteiger partial charge is 0.133 e. The van der Waals surface area contributed by atoms with Crippen LogP contribution in [0.3, 0.4) is 0 Å². The van der Waals surface area contributed by atoms with Crippen LogP contribution in [-0.2, 0) is 13.7 Å². The molecule has 3 aromatic rings. The molecule has 0 bridgehead atoms. The Bertz CT molecular complexity index is 782. The van der Waals surface area contributed by atoms with Crippen molar-refractivity contribution in [3.8, 4) is 5.75 Å². The van der Waals surface area contributed by atoms with Crippen molar-refractivity contribution in [1.82, 2.24) is 9.78 Å². The van der Waals surface area contributed by atoms with Crippen molar-refractivity contribution in [2.45, 2.75) is 20.5 Å². The minimum absolute atomic E-state index is 0.451. The number of nitrogen functional groups attached to an aromatic ring is 1. The van der Waals surface area contributed by atoms with E-state index in [0.717, 1.165) is 39.2 Å². The van der Waals surface area contributed by atoms with Crippen molar-refractivity contribution in [2.75, 3.05) is 5.73 Å². The Kier molecular flexibility index (Phi) is 3.29. The molecule has 0 aliphatic heterocycles. The number of ether oxygens (including phenoxy) is 1. The van der Waals surface area contributed by atoms with Crippen molar-refractivity contribution in [2.24, 2.45) is 7.05 Å². The largest absolute Gasteiger partial charge is 0.487 e. The molecule has 0 fully saturated rings. The summed E-state index contributed by atoms with van der Waals surface area (Å²) < 4.78 is 7.88. The SMILES string of the molecule is Cc1cc(N)cc(C)c1OCc1nn(C)c2ccccc12. The molecular weight excluding hydrogens is 262 g/mol. The molecule has 0 aliphatic carbocycles. The Morgan fingerprint density at radius 2 is 1.81 bits per heavy atom. The van der Waals surface area contributed by atoms with E-state index in [1.165, 1.54) is 0 Å². The first kappa shape index (κ1) is 13.5. The van der Waals surface area contributed by atoms with Crippen LogP contribution in [0.1, 0.15) is 16.8 Å². The van der Waals surface area contributed by atoms with Gasteiger partial charge in [0.2, 0.25) is 0 Å². The molecule has 1 heterocycles. The molecule has 0 atom stereocenters. The van der Waals surface area contributed by atoms with Crippen molar-refractivity contribution < 1.29 is 4.74 Å². The molecule has 21 heavy (non-hydrogen) atoms. The predicted octanol–water partition coefficient (Wildman–Crippen LogP) is 3.35. The number of anilines is 1. The minimum Gasteiger partial charge on any atom is -0.487 e. The molecule has 0 unspecified atom stereocenters. The number of para-hydroxylation sites is 1. The number of hydrogen-bond donors (Lipinski definition) is 1.